The zero-order valence-corrected chi connectivity index (χ0v) is 8.23. The molecule has 0 aliphatic rings. The van der Waals surface area contributed by atoms with Crippen LogP contribution in [0.25, 0.3) is 0 Å². The highest BCUT2D eigenvalue weighted by molar-refractivity contribution is 6.31. The van der Waals surface area contributed by atoms with Gasteiger partial charge in [0.15, 0.2) is 0 Å². The third kappa shape index (κ3) is 2.66. The first-order chi connectivity index (χ1) is 6.15. The van der Waals surface area contributed by atoms with E-state index >= 15 is 0 Å². The van der Waals surface area contributed by atoms with E-state index in [1.165, 1.54) is 19.2 Å². The van der Waals surface area contributed by atoms with Crippen LogP contribution < -0.4 is 5.48 Å². The third-order valence-electron chi connectivity index (χ3n) is 1.72. The molecule has 0 aromatic heterocycles. The summed E-state index contributed by atoms with van der Waals surface area (Å²) in [6.07, 6.45) is 0. The van der Waals surface area contributed by atoms with Gasteiger partial charge in [0.25, 0.3) is 0 Å². The Kier molecular flexibility index (Phi) is 3.66. The predicted octanol–water partition coefficient (Wildman–Crippen LogP) is 2.69. The van der Waals surface area contributed by atoms with Gasteiger partial charge in [0.05, 0.1) is 13.2 Å². The van der Waals surface area contributed by atoms with Gasteiger partial charge in [-0.05, 0) is 24.6 Å². The summed E-state index contributed by atoms with van der Waals surface area (Å²) in [6, 6.07) is 4.23. The highest BCUT2D eigenvalue weighted by Gasteiger charge is 2.09. The monoisotopic (exact) mass is 203 g/mol. The van der Waals surface area contributed by atoms with Crippen LogP contribution in [-0.2, 0) is 4.84 Å². The minimum absolute atomic E-state index is 0.0573. The van der Waals surface area contributed by atoms with Gasteiger partial charge < -0.3 is 4.84 Å². The Balaban J connectivity index is 2.88. The fourth-order valence-electron chi connectivity index (χ4n) is 1.09. The summed E-state index contributed by atoms with van der Waals surface area (Å²) < 4.78 is 12.7. The Morgan fingerprint density at radius 1 is 1.54 bits per heavy atom. The minimum Gasteiger partial charge on any atom is -0.305 e. The second-order valence-corrected chi connectivity index (χ2v) is 3.12. The van der Waals surface area contributed by atoms with E-state index < -0.39 is 0 Å². The number of halogens is 2. The average Bonchev–Trinajstić information content (AvgIpc) is 2.04. The topological polar surface area (TPSA) is 21.3 Å². The fraction of sp³-hybridized carbons (Fsp3) is 0.333. The summed E-state index contributed by atoms with van der Waals surface area (Å²) in [5, 5.41) is 0.400. The Hall–Kier alpha value is -0.640. The summed E-state index contributed by atoms with van der Waals surface area (Å²) in [6.45, 7) is 1.88. The Morgan fingerprint density at radius 3 is 2.77 bits per heavy atom. The molecule has 1 atom stereocenters. The number of hydroxylamine groups is 1. The van der Waals surface area contributed by atoms with Gasteiger partial charge in [-0.15, -0.1) is 0 Å². The lowest BCUT2D eigenvalue weighted by atomic mass is 10.1. The number of rotatable bonds is 3. The van der Waals surface area contributed by atoms with Crippen molar-refractivity contribution in [2.24, 2.45) is 0 Å². The quantitative estimate of drug-likeness (QED) is 0.763. The molecule has 0 heterocycles. The largest absolute Gasteiger partial charge is 0.305 e. The van der Waals surface area contributed by atoms with Gasteiger partial charge in [-0.1, -0.05) is 17.7 Å². The highest BCUT2D eigenvalue weighted by atomic mass is 35.5. The molecule has 2 nitrogen and oxygen atoms in total. The van der Waals surface area contributed by atoms with Crippen LogP contribution in [0.3, 0.4) is 0 Å². The summed E-state index contributed by atoms with van der Waals surface area (Å²) in [4.78, 5) is 4.74. The lowest BCUT2D eigenvalue weighted by molar-refractivity contribution is 0.0659. The second kappa shape index (κ2) is 4.56. The molecule has 0 spiro atoms. The van der Waals surface area contributed by atoms with E-state index in [4.69, 9.17) is 16.4 Å². The van der Waals surface area contributed by atoms with Crippen LogP contribution in [0.1, 0.15) is 18.5 Å². The van der Waals surface area contributed by atoms with Crippen LogP contribution in [0.15, 0.2) is 18.2 Å². The van der Waals surface area contributed by atoms with Crippen LogP contribution in [0.5, 0.6) is 0 Å². The van der Waals surface area contributed by atoms with Crippen molar-refractivity contribution < 1.29 is 9.23 Å². The van der Waals surface area contributed by atoms with Crippen LogP contribution >= 0.6 is 11.6 Å². The van der Waals surface area contributed by atoms with Crippen molar-refractivity contribution in [1.29, 1.82) is 0 Å². The lowest BCUT2D eigenvalue weighted by Crippen LogP contribution is -2.17. The number of nitrogens with one attached hydrogen (secondary N) is 1. The molecule has 72 valence electrons. The molecular formula is C9H11ClFNO. The first-order valence-corrected chi connectivity index (χ1v) is 4.26. The van der Waals surface area contributed by atoms with Crippen molar-refractivity contribution in [2.45, 2.75) is 13.0 Å². The molecule has 0 bridgehead atoms. The van der Waals surface area contributed by atoms with Crippen LogP contribution in [0.4, 0.5) is 4.39 Å². The van der Waals surface area contributed by atoms with Gasteiger partial charge in [-0.3, -0.25) is 0 Å². The molecule has 1 unspecified atom stereocenters. The molecule has 0 aliphatic carbocycles. The zero-order chi connectivity index (χ0) is 9.84. The maximum atomic E-state index is 12.7. The zero-order valence-electron chi connectivity index (χ0n) is 7.47. The van der Waals surface area contributed by atoms with Gasteiger partial charge in [0.1, 0.15) is 5.82 Å². The molecule has 0 radical (unpaired) electrons. The molecule has 1 aromatic carbocycles. The molecule has 0 saturated heterocycles. The van der Waals surface area contributed by atoms with E-state index in [2.05, 4.69) is 5.48 Å². The van der Waals surface area contributed by atoms with E-state index in [0.29, 0.717) is 5.02 Å². The smallest absolute Gasteiger partial charge is 0.124 e. The standard InChI is InChI=1S/C9H11ClFNO/c1-6(12-13-2)8-4-3-7(11)5-9(8)10/h3-6,12H,1-2H3. The van der Waals surface area contributed by atoms with Crippen molar-refractivity contribution in [3.05, 3.63) is 34.6 Å². The minimum atomic E-state index is -0.335. The molecule has 1 aromatic rings. The normalized spacial score (nSPS) is 12.9. The molecule has 0 fully saturated rings. The predicted molar refractivity (Wildman–Crippen MR) is 50.0 cm³/mol. The van der Waals surface area contributed by atoms with Crippen molar-refractivity contribution in [1.82, 2.24) is 5.48 Å². The van der Waals surface area contributed by atoms with E-state index in [1.807, 2.05) is 6.92 Å². The van der Waals surface area contributed by atoms with Crippen LogP contribution in [-0.4, -0.2) is 7.11 Å². The Labute approximate surface area is 81.6 Å². The van der Waals surface area contributed by atoms with E-state index in [-0.39, 0.29) is 11.9 Å². The summed E-state index contributed by atoms with van der Waals surface area (Å²) in [5.74, 6) is -0.335. The SMILES string of the molecule is CONC(C)c1ccc(F)cc1Cl. The molecule has 0 aliphatic heterocycles. The van der Waals surface area contributed by atoms with E-state index in [9.17, 15) is 4.39 Å². The average molecular weight is 204 g/mol. The number of hydrogen-bond acceptors (Lipinski definition) is 2. The van der Waals surface area contributed by atoms with E-state index in [1.54, 1.807) is 6.07 Å². The summed E-state index contributed by atoms with van der Waals surface area (Å²) >= 11 is 5.82. The molecular weight excluding hydrogens is 193 g/mol. The molecule has 1 N–H and O–H groups in total. The Bertz CT molecular complexity index is 293. The second-order valence-electron chi connectivity index (χ2n) is 2.71. The van der Waals surface area contributed by atoms with Gasteiger partial charge >= 0.3 is 0 Å². The van der Waals surface area contributed by atoms with Crippen molar-refractivity contribution in [3.8, 4) is 0 Å². The third-order valence-corrected chi connectivity index (χ3v) is 2.05. The number of benzene rings is 1. The summed E-state index contributed by atoms with van der Waals surface area (Å²) in [5.41, 5.74) is 3.53. The van der Waals surface area contributed by atoms with Crippen LogP contribution in [0.2, 0.25) is 5.02 Å². The molecule has 4 heteroatoms. The maximum absolute atomic E-state index is 12.7. The molecule has 1 rings (SSSR count). The lowest BCUT2D eigenvalue weighted by Gasteiger charge is -2.13. The van der Waals surface area contributed by atoms with Crippen molar-refractivity contribution >= 4 is 11.6 Å². The Morgan fingerprint density at radius 2 is 2.23 bits per heavy atom. The maximum Gasteiger partial charge on any atom is 0.124 e. The number of hydrogen-bond donors (Lipinski definition) is 1. The molecule has 0 saturated carbocycles. The highest BCUT2D eigenvalue weighted by Crippen LogP contribution is 2.23. The first-order valence-electron chi connectivity index (χ1n) is 3.88. The first kappa shape index (κ1) is 10.4. The van der Waals surface area contributed by atoms with Gasteiger partial charge in [0.2, 0.25) is 0 Å². The van der Waals surface area contributed by atoms with Crippen molar-refractivity contribution in [3.63, 3.8) is 0 Å². The molecule has 0 amide bonds. The van der Waals surface area contributed by atoms with E-state index in [0.717, 1.165) is 5.56 Å². The van der Waals surface area contributed by atoms with Crippen molar-refractivity contribution in [2.75, 3.05) is 7.11 Å². The van der Waals surface area contributed by atoms with Gasteiger partial charge in [-0.2, -0.15) is 5.48 Å². The van der Waals surface area contributed by atoms with Crippen LogP contribution in [0, 0.1) is 5.82 Å². The van der Waals surface area contributed by atoms with Gasteiger partial charge in [-0.25, -0.2) is 4.39 Å². The summed E-state index contributed by atoms with van der Waals surface area (Å²) in [7, 11) is 1.52. The molecule has 13 heavy (non-hydrogen) atoms. The fourth-order valence-corrected chi connectivity index (χ4v) is 1.42. The van der Waals surface area contributed by atoms with Gasteiger partial charge in [0, 0.05) is 5.02 Å².